The van der Waals surface area contributed by atoms with Gasteiger partial charge in [0, 0.05) is 18.0 Å². The normalized spacial score (nSPS) is 12.3. The standard InChI is InChI=1S/C18H25N3OS.HI/c1-3-19-18(21-14(2)17-7-5-13-23-17)20-12-4-6-15-8-10-16(22)11-9-15;/h5,7-11,13-14,22H,3-4,6,12H2,1-2H3,(H2,19,20,21);1H. The fourth-order valence-electron chi connectivity index (χ4n) is 2.27. The van der Waals surface area contributed by atoms with Crippen LogP contribution >= 0.6 is 35.3 Å². The van der Waals surface area contributed by atoms with Crippen LogP contribution in [0.15, 0.2) is 46.8 Å². The van der Waals surface area contributed by atoms with E-state index in [1.807, 2.05) is 12.1 Å². The van der Waals surface area contributed by atoms with Crippen LogP contribution in [0.5, 0.6) is 5.75 Å². The van der Waals surface area contributed by atoms with E-state index in [1.165, 1.54) is 10.4 Å². The van der Waals surface area contributed by atoms with E-state index in [4.69, 9.17) is 0 Å². The molecule has 1 aromatic heterocycles. The van der Waals surface area contributed by atoms with Gasteiger partial charge in [-0.3, -0.25) is 4.99 Å². The molecule has 0 aliphatic rings. The van der Waals surface area contributed by atoms with E-state index >= 15 is 0 Å². The molecule has 132 valence electrons. The summed E-state index contributed by atoms with van der Waals surface area (Å²) in [6, 6.07) is 11.8. The third-order valence-corrected chi connectivity index (χ3v) is 4.55. The van der Waals surface area contributed by atoms with E-state index < -0.39 is 0 Å². The number of nitrogens with zero attached hydrogens (tertiary/aromatic N) is 1. The van der Waals surface area contributed by atoms with Gasteiger partial charge in [-0.1, -0.05) is 18.2 Å². The molecule has 1 aromatic carbocycles. The van der Waals surface area contributed by atoms with Crippen LogP contribution in [0.1, 0.15) is 36.8 Å². The smallest absolute Gasteiger partial charge is 0.191 e. The van der Waals surface area contributed by atoms with Crippen LogP contribution < -0.4 is 10.6 Å². The number of benzene rings is 1. The van der Waals surface area contributed by atoms with Crippen molar-refractivity contribution in [3.63, 3.8) is 0 Å². The third kappa shape index (κ3) is 7.09. The molecule has 1 unspecified atom stereocenters. The maximum Gasteiger partial charge on any atom is 0.191 e. The molecule has 0 radical (unpaired) electrons. The maximum atomic E-state index is 9.28. The van der Waals surface area contributed by atoms with Crippen molar-refractivity contribution in [2.24, 2.45) is 4.99 Å². The van der Waals surface area contributed by atoms with E-state index in [-0.39, 0.29) is 30.0 Å². The molecular formula is C18H26IN3OS. The van der Waals surface area contributed by atoms with Gasteiger partial charge >= 0.3 is 0 Å². The molecule has 24 heavy (non-hydrogen) atoms. The second-order valence-electron chi connectivity index (χ2n) is 5.41. The molecular weight excluding hydrogens is 433 g/mol. The van der Waals surface area contributed by atoms with Gasteiger partial charge in [0.1, 0.15) is 5.75 Å². The molecule has 0 aliphatic heterocycles. The molecule has 0 bridgehead atoms. The number of nitrogens with one attached hydrogen (secondary N) is 2. The fraction of sp³-hybridized carbons (Fsp3) is 0.389. The minimum Gasteiger partial charge on any atom is -0.508 e. The molecule has 0 amide bonds. The van der Waals surface area contributed by atoms with Gasteiger partial charge in [-0.15, -0.1) is 35.3 Å². The second kappa shape index (κ2) is 11.3. The minimum absolute atomic E-state index is 0. The zero-order chi connectivity index (χ0) is 16.5. The highest BCUT2D eigenvalue weighted by Crippen LogP contribution is 2.17. The monoisotopic (exact) mass is 459 g/mol. The molecule has 2 rings (SSSR count). The molecule has 0 spiro atoms. The summed E-state index contributed by atoms with van der Waals surface area (Å²) < 4.78 is 0. The predicted octanol–water partition coefficient (Wildman–Crippen LogP) is 4.32. The molecule has 6 heteroatoms. The predicted molar refractivity (Wildman–Crippen MR) is 114 cm³/mol. The van der Waals surface area contributed by atoms with E-state index in [0.29, 0.717) is 5.75 Å². The summed E-state index contributed by atoms with van der Waals surface area (Å²) >= 11 is 1.75. The second-order valence-corrected chi connectivity index (χ2v) is 6.39. The molecule has 0 fully saturated rings. The number of guanidine groups is 1. The quantitative estimate of drug-likeness (QED) is 0.250. The number of aryl methyl sites for hydroxylation is 1. The summed E-state index contributed by atoms with van der Waals surface area (Å²) in [5, 5.41) is 18.1. The van der Waals surface area contributed by atoms with Gasteiger partial charge in [0.15, 0.2) is 5.96 Å². The Labute approximate surface area is 165 Å². The molecule has 1 atom stereocenters. The van der Waals surface area contributed by atoms with Gasteiger partial charge in [-0.05, 0) is 55.8 Å². The van der Waals surface area contributed by atoms with Crippen molar-refractivity contribution < 1.29 is 5.11 Å². The maximum absolute atomic E-state index is 9.28. The molecule has 4 nitrogen and oxygen atoms in total. The molecule has 0 saturated heterocycles. The van der Waals surface area contributed by atoms with Gasteiger partial charge in [0.05, 0.1) is 6.04 Å². The SMILES string of the molecule is CCNC(=NCCCc1ccc(O)cc1)NC(C)c1cccs1.I. The van der Waals surface area contributed by atoms with E-state index in [2.05, 4.69) is 47.0 Å². The first-order valence-corrected chi connectivity index (χ1v) is 8.93. The van der Waals surface area contributed by atoms with Crippen molar-refractivity contribution in [2.75, 3.05) is 13.1 Å². The number of hydrogen-bond donors (Lipinski definition) is 3. The summed E-state index contributed by atoms with van der Waals surface area (Å²) in [5.74, 6) is 1.17. The Kier molecular flexibility index (Phi) is 9.78. The Hall–Kier alpha value is -1.28. The first-order chi connectivity index (χ1) is 11.2. The average molecular weight is 459 g/mol. The Balaban J connectivity index is 0.00000288. The zero-order valence-electron chi connectivity index (χ0n) is 14.2. The molecule has 0 saturated carbocycles. The van der Waals surface area contributed by atoms with Gasteiger partial charge in [0.2, 0.25) is 0 Å². The van der Waals surface area contributed by atoms with E-state index in [1.54, 1.807) is 23.5 Å². The number of phenolic OH excluding ortho intramolecular Hbond substituents is 1. The molecule has 1 heterocycles. The zero-order valence-corrected chi connectivity index (χ0v) is 17.3. The molecule has 2 aromatic rings. The average Bonchev–Trinajstić information content (AvgIpc) is 3.08. The summed E-state index contributed by atoms with van der Waals surface area (Å²) in [5.41, 5.74) is 1.22. The van der Waals surface area contributed by atoms with Gasteiger partial charge in [-0.25, -0.2) is 0 Å². The van der Waals surface area contributed by atoms with Crippen molar-refractivity contribution in [1.82, 2.24) is 10.6 Å². The van der Waals surface area contributed by atoms with Crippen LogP contribution in [0.3, 0.4) is 0 Å². The highest BCUT2D eigenvalue weighted by atomic mass is 127. The van der Waals surface area contributed by atoms with Crippen LogP contribution in [-0.2, 0) is 6.42 Å². The largest absolute Gasteiger partial charge is 0.508 e. The fourth-order valence-corrected chi connectivity index (χ4v) is 3.00. The lowest BCUT2D eigenvalue weighted by molar-refractivity contribution is 0.475. The Morgan fingerprint density at radius 1 is 1.25 bits per heavy atom. The van der Waals surface area contributed by atoms with Gasteiger partial charge in [-0.2, -0.15) is 0 Å². The lowest BCUT2D eigenvalue weighted by atomic mass is 10.1. The van der Waals surface area contributed by atoms with Crippen LogP contribution in [0.25, 0.3) is 0 Å². The van der Waals surface area contributed by atoms with Crippen molar-refractivity contribution in [1.29, 1.82) is 0 Å². The first kappa shape index (κ1) is 20.8. The number of aliphatic imine (C=N–C) groups is 1. The van der Waals surface area contributed by atoms with Crippen LogP contribution in [-0.4, -0.2) is 24.2 Å². The number of halogens is 1. The summed E-state index contributed by atoms with van der Waals surface area (Å²) in [7, 11) is 0. The highest BCUT2D eigenvalue weighted by molar-refractivity contribution is 14.0. The minimum atomic E-state index is 0. The molecule has 3 N–H and O–H groups in total. The number of hydrogen-bond acceptors (Lipinski definition) is 3. The van der Waals surface area contributed by atoms with Crippen molar-refractivity contribution in [3.8, 4) is 5.75 Å². The van der Waals surface area contributed by atoms with Gasteiger partial charge in [0.25, 0.3) is 0 Å². The van der Waals surface area contributed by atoms with Crippen molar-refractivity contribution >= 4 is 41.3 Å². The topological polar surface area (TPSA) is 56.7 Å². The first-order valence-electron chi connectivity index (χ1n) is 8.05. The Morgan fingerprint density at radius 3 is 2.62 bits per heavy atom. The summed E-state index contributed by atoms with van der Waals surface area (Å²) in [6.45, 7) is 5.84. The van der Waals surface area contributed by atoms with E-state index in [0.717, 1.165) is 31.9 Å². The molecule has 0 aliphatic carbocycles. The van der Waals surface area contributed by atoms with Crippen molar-refractivity contribution in [2.45, 2.75) is 32.7 Å². The van der Waals surface area contributed by atoms with Gasteiger partial charge < -0.3 is 15.7 Å². The van der Waals surface area contributed by atoms with Crippen LogP contribution in [0.2, 0.25) is 0 Å². The summed E-state index contributed by atoms with van der Waals surface area (Å²) in [6.07, 6.45) is 1.94. The Morgan fingerprint density at radius 2 is 2.00 bits per heavy atom. The highest BCUT2D eigenvalue weighted by Gasteiger charge is 2.08. The van der Waals surface area contributed by atoms with Crippen LogP contribution in [0, 0.1) is 0 Å². The number of rotatable bonds is 7. The Bertz CT molecular complexity index is 599. The lowest BCUT2D eigenvalue weighted by Gasteiger charge is -2.16. The summed E-state index contributed by atoms with van der Waals surface area (Å²) in [4.78, 5) is 5.95. The lowest BCUT2D eigenvalue weighted by Crippen LogP contribution is -2.38. The van der Waals surface area contributed by atoms with E-state index in [9.17, 15) is 5.11 Å². The number of thiophene rings is 1. The number of phenols is 1. The van der Waals surface area contributed by atoms with Crippen molar-refractivity contribution in [3.05, 3.63) is 52.2 Å². The third-order valence-electron chi connectivity index (χ3n) is 3.50. The van der Waals surface area contributed by atoms with Crippen LogP contribution in [0.4, 0.5) is 0 Å². The number of aromatic hydroxyl groups is 1.